The summed E-state index contributed by atoms with van der Waals surface area (Å²) >= 11 is 0. The van der Waals surface area contributed by atoms with E-state index in [1.165, 1.54) is 6.20 Å². The van der Waals surface area contributed by atoms with Crippen LogP contribution in [-0.4, -0.2) is 15.3 Å². The molecule has 4 heteroatoms. The number of H-pyrrole nitrogens is 1. The Morgan fingerprint density at radius 1 is 1.89 bits per heavy atom. The van der Waals surface area contributed by atoms with Crippen molar-refractivity contribution in [2.24, 2.45) is 0 Å². The van der Waals surface area contributed by atoms with Crippen LogP contribution < -0.4 is 5.73 Å². The van der Waals surface area contributed by atoms with Crippen LogP contribution in [0.4, 0.5) is 5.82 Å². The fourth-order valence-corrected chi connectivity index (χ4v) is 0.638. The normalized spacial score (nSPS) is 13.6. The van der Waals surface area contributed by atoms with Crippen molar-refractivity contribution in [2.45, 2.75) is 13.0 Å². The number of aromatic amines is 1. The van der Waals surface area contributed by atoms with Crippen molar-refractivity contribution < 1.29 is 5.11 Å². The molecule has 0 radical (unpaired) electrons. The Kier molecular flexibility index (Phi) is 1.40. The van der Waals surface area contributed by atoms with Crippen molar-refractivity contribution in [3.63, 3.8) is 0 Å². The van der Waals surface area contributed by atoms with Crippen molar-refractivity contribution in [3.8, 4) is 0 Å². The molecular formula is C5H9N3O. The largest absolute Gasteiger partial charge is 0.389 e. The molecule has 9 heavy (non-hydrogen) atoms. The number of anilines is 1. The summed E-state index contributed by atoms with van der Waals surface area (Å²) in [6.07, 6.45) is 0.976. The lowest BCUT2D eigenvalue weighted by Gasteiger charge is -1.98. The highest BCUT2D eigenvalue weighted by atomic mass is 16.3. The number of nitrogens with two attached hydrogens (primary N) is 1. The van der Waals surface area contributed by atoms with Crippen LogP contribution >= 0.6 is 0 Å². The number of nitrogens with zero attached hydrogens (tertiary/aromatic N) is 1. The molecule has 0 saturated heterocycles. The molecule has 50 valence electrons. The number of hydrogen-bond acceptors (Lipinski definition) is 3. The summed E-state index contributed by atoms with van der Waals surface area (Å²) in [7, 11) is 0. The van der Waals surface area contributed by atoms with Crippen LogP contribution in [0.1, 0.15) is 18.6 Å². The van der Waals surface area contributed by atoms with Crippen LogP contribution in [0.3, 0.4) is 0 Å². The number of nitrogens with one attached hydrogen (secondary N) is 1. The van der Waals surface area contributed by atoms with Gasteiger partial charge in [-0.2, -0.15) is 5.10 Å². The molecule has 4 nitrogen and oxygen atoms in total. The van der Waals surface area contributed by atoms with Gasteiger partial charge in [-0.25, -0.2) is 0 Å². The molecule has 0 aliphatic carbocycles. The molecule has 1 aromatic heterocycles. The molecular weight excluding hydrogens is 118 g/mol. The summed E-state index contributed by atoms with van der Waals surface area (Å²) < 4.78 is 0. The Hall–Kier alpha value is -1.03. The Bertz CT molecular complexity index is 194. The van der Waals surface area contributed by atoms with Crippen LogP contribution in [-0.2, 0) is 0 Å². The third-order valence-electron chi connectivity index (χ3n) is 1.15. The maximum atomic E-state index is 8.95. The highest BCUT2D eigenvalue weighted by Gasteiger charge is 2.05. The highest BCUT2D eigenvalue weighted by molar-refractivity contribution is 5.37. The quantitative estimate of drug-likeness (QED) is 0.498. The lowest BCUT2D eigenvalue weighted by atomic mass is 10.2. The van der Waals surface area contributed by atoms with E-state index in [-0.39, 0.29) is 0 Å². The number of aliphatic hydroxyl groups is 1. The molecule has 0 bridgehead atoms. The Morgan fingerprint density at radius 3 is 2.78 bits per heavy atom. The number of nitrogen functional groups attached to an aromatic ring is 1. The number of aliphatic hydroxyl groups excluding tert-OH is 1. The first-order valence-electron chi connectivity index (χ1n) is 2.68. The van der Waals surface area contributed by atoms with Gasteiger partial charge in [-0.05, 0) is 6.92 Å². The molecule has 1 atom stereocenters. The van der Waals surface area contributed by atoms with Crippen molar-refractivity contribution >= 4 is 5.82 Å². The molecule has 0 spiro atoms. The summed E-state index contributed by atoms with van der Waals surface area (Å²) in [5.74, 6) is 0.435. The van der Waals surface area contributed by atoms with Gasteiger partial charge in [0.2, 0.25) is 0 Å². The first-order chi connectivity index (χ1) is 4.22. The van der Waals surface area contributed by atoms with Gasteiger partial charge >= 0.3 is 0 Å². The molecule has 1 heterocycles. The molecule has 0 aliphatic rings. The summed E-state index contributed by atoms with van der Waals surface area (Å²) in [6, 6.07) is 0. The molecule has 1 rings (SSSR count). The lowest BCUT2D eigenvalue weighted by Crippen LogP contribution is -1.94. The predicted molar refractivity (Wildman–Crippen MR) is 33.6 cm³/mol. The summed E-state index contributed by atoms with van der Waals surface area (Å²) in [5, 5.41) is 15.1. The van der Waals surface area contributed by atoms with E-state index in [0.717, 1.165) is 0 Å². The summed E-state index contributed by atoms with van der Waals surface area (Å²) in [4.78, 5) is 0. The van der Waals surface area contributed by atoms with E-state index in [4.69, 9.17) is 10.8 Å². The second-order valence-corrected chi connectivity index (χ2v) is 1.91. The smallest absolute Gasteiger partial charge is 0.124 e. The number of hydrogen-bond donors (Lipinski definition) is 3. The molecule has 0 fully saturated rings. The average Bonchev–Trinajstić information content (AvgIpc) is 2.13. The van der Waals surface area contributed by atoms with Gasteiger partial charge in [-0.3, -0.25) is 5.10 Å². The first kappa shape index (κ1) is 6.10. The monoisotopic (exact) mass is 127 g/mol. The Morgan fingerprint density at radius 2 is 2.56 bits per heavy atom. The van der Waals surface area contributed by atoms with E-state index in [2.05, 4.69) is 10.2 Å². The van der Waals surface area contributed by atoms with Gasteiger partial charge < -0.3 is 10.8 Å². The molecule has 1 aromatic rings. The molecule has 0 aliphatic heterocycles. The van der Waals surface area contributed by atoms with Gasteiger partial charge in [-0.1, -0.05) is 0 Å². The Labute approximate surface area is 52.7 Å². The molecule has 0 amide bonds. The minimum atomic E-state index is -0.538. The van der Waals surface area contributed by atoms with Crippen molar-refractivity contribution in [2.75, 3.05) is 5.73 Å². The third-order valence-corrected chi connectivity index (χ3v) is 1.15. The fourth-order valence-electron chi connectivity index (χ4n) is 0.638. The average molecular weight is 127 g/mol. The van der Waals surface area contributed by atoms with Gasteiger partial charge in [0.15, 0.2) is 0 Å². The van der Waals surface area contributed by atoms with Crippen LogP contribution in [0.2, 0.25) is 0 Å². The van der Waals surface area contributed by atoms with Gasteiger partial charge in [-0.15, -0.1) is 0 Å². The van der Waals surface area contributed by atoms with E-state index >= 15 is 0 Å². The third kappa shape index (κ3) is 1.02. The van der Waals surface area contributed by atoms with Crippen LogP contribution in [0.5, 0.6) is 0 Å². The van der Waals surface area contributed by atoms with Crippen molar-refractivity contribution in [3.05, 3.63) is 11.8 Å². The first-order valence-corrected chi connectivity index (χ1v) is 2.68. The zero-order chi connectivity index (χ0) is 6.85. The fraction of sp³-hybridized carbons (Fsp3) is 0.400. The van der Waals surface area contributed by atoms with E-state index in [0.29, 0.717) is 11.4 Å². The standard InChI is InChI=1S/C5H9N3O/c1-3(9)4-2-7-8-5(4)6/h2-3,9H,1H3,(H3,6,7,8). The van der Waals surface area contributed by atoms with Gasteiger partial charge in [0.25, 0.3) is 0 Å². The van der Waals surface area contributed by atoms with Crippen LogP contribution in [0, 0.1) is 0 Å². The summed E-state index contributed by atoms with van der Waals surface area (Å²) in [5.41, 5.74) is 6.01. The molecule has 0 aromatic carbocycles. The second kappa shape index (κ2) is 2.06. The minimum Gasteiger partial charge on any atom is -0.389 e. The van der Waals surface area contributed by atoms with Gasteiger partial charge in [0.1, 0.15) is 5.82 Å². The number of rotatable bonds is 1. The molecule has 0 saturated carbocycles. The predicted octanol–water partition coefficient (Wildman–Crippen LogP) is 0.0452. The minimum absolute atomic E-state index is 0.435. The van der Waals surface area contributed by atoms with Crippen LogP contribution in [0.25, 0.3) is 0 Å². The maximum absolute atomic E-state index is 8.95. The van der Waals surface area contributed by atoms with Gasteiger partial charge in [0.05, 0.1) is 12.3 Å². The highest BCUT2D eigenvalue weighted by Crippen LogP contribution is 2.15. The maximum Gasteiger partial charge on any atom is 0.124 e. The van der Waals surface area contributed by atoms with Crippen molar-refractivity contribution in [1.29, 1.82) is 0 Å². The lowest BCUT2D eigenvalue weighted by molar-refractivity contribution is 0.200. The second-order valence-electron chi connectivity index (χ2n) is 1.91. The zero-order valence-corrected chi connectivity index (χ0v) is 5.13. The van der Waals surface area contributed by atoms with E-state index < -0.39 is 6.10 Å². The van der Waals surface area contributed by atoms with Crippen molar-refractivity contribution in [1.82, 2.24) is 10.2 Å². The van der Waals surface area contributed by atoms with Crippen LogP contribution in [0.15, 0.2) is 6.20 Å². The molecule has 4 N–H and O–H groups in total. The molecule has 1 unspecified atom stereocenters. The topological polar surface area (TPSA) is 74.9 Å². The Balaban J connectivity index is 2.94. The van der Waals surface area contributed by atoms with E-state index in [9.17, 15) is 0 Å². The SMILES string of the molecule is CC(O)c1cn[nH]c1N. The van der Waals surface area contributed by atoms with Gasteiger partial charge in [0, 0.05) is 5.56 Å². The zero-order valence-electron chi connectivity index (χ0n) is 5.13. The number of aromatic nitrogens is 2. The van der Waals surface area contributed by atoms with E-state index in [1.54, 1.807) is 6.92 Å². The van der Waals surface area contributed by atoms with E-state index in [1.807, 2.05) is 0 Å². The summed E-state index contributed by atoms with van der Waals surface area (Å²) in [6.45, 7) is 1.64.